The lowest BCUT2D eigenvalue weighted by molar-refractivity contribution is 0.103. The average molecular weight is 505 g/mol. The van der Waals surface area contributed by atoms with Crippen LogP contribution in [0.1, 0.15) is 33.6 Å². The fourth-order valence-corrected chi connectivity index (χ4v) is 4.53. The van der Waals surface area contributed by atoms with Crippen LogP contribution in [0.2, 0.25) is 5.02 Å². The minimum atomic E-state index is -3.78. The second kappa shape index (κ2) is 9.21. The van der Waals surface area contributed by atoms with Gasteiger partial charge in [-0.3, -0.25) is 9.89 Å². The van der Waals surface area contributed by atoms with Crippen LogP contribution in [0, 0.1) is 18.6 Å². The molecule has 4 aromatic rings. The van der Waals surface area contributed by atoms with Crippen LogP contribution < -0.4 is 5.14 Å². The van der Waals surface area contributed by atoms with Gasteiger partial charge in [-0.2, -0.15) is 5.10 Å². The predicted molar refractivity (Wildman–Crippen MR) is 125 cm³/mol. The van der Waals surface area contributed by atoms with Gasteiger partial charge in [-0.1, -0.05) is 17.7 Å². The van der Waals surface area contributed by atoms with E-state index in [0.717, 1.165) is 23.3 Å². The van der Waals surface area contributed by atoms with Crippen molar-refractivity contribution in [1.29, 1.82) is 0 Å². The van der Waals surface area contributed by atoms with E-state index >= 15 is 4.39 Å². The zero-order valence-corrected chi connectivity index (χ0v) is 19.5. The van der Waals surface area contributed by atoms with Gasteiger partial charge in [-0.25, -0.2) is 27.3 Å². The van der Waals surface area contributed by atoms with E-state index in [2.05, 4.69) is 15.2 Å². The molecule has 3 N–H and O–H groups in total. The van der Waals surface area contributed by atoms with Crippen molar-refractivity contribution in [2.75, 3.05) is 5.75 Å². The molecule has 0 saturated carbocycles. The highest BCUT2D eigenvalue weighted by Crippen LogP contribution is 2.29. The third-order valence-corrected chi connectivity index (χ3v) is 6.52. The van der Waals surface area contributed by atoms with Gasteiger partial charge in [-0.05, 0) is 61.2 Å². The summed E-state index contributed by atoms with van der Waals surface area (Å²) in [6, 6.07) is 9.10. The maximum absolute atomic E-state index is 15.1. The summed E-state index contributed by atoms with van der Waals surface area (Å²) in [7, 11) is -3.78. The van der Waals surface area contributed by atoms with Crippen molar-refractivity contribution in [2.45, 2.75) is 19.8 Å². The van der Waals surface area contributed by atoms with E-state index in [1.54, 1.807) is 24.4 Å². The number of sulfonamides is 1. The molecule has 0 aliphatic carbocycles. The van der Waals surface area contributed by atoms with Crippen LogP contribution in [-0.4, -0.2) is 35.1 Å². The summed E-state index contributed by atoms with van der Waals surface area (Å²) in [5.41, 5.74) is 1.97. The standard InChI is InChI=1S/C23H19ClF2N4O3S/c1-12-9-14(24)4-5-15(12)13-10-18-21(29-30-23(18)28-11-13)22(31)17-6-7-19(25)16(20(17)26)3-2-8-34(27,32)33/h4-7,9-11H,2-3,8H2,1H3,(H2,27,32,33)(H,28,29,30). The number of nitrogens with two attached hydrogens (primary N) is 1. The Balaban J connectivity index is 1.72. The van der Waals surface area contributed by atoms with E-state index in [9.17, 15) is 17.6 Å². The number of hydrogen-bond acceptors (Lipinski definition) is 5. The molecule has 7 nitrogen and oxygen atoms in total. The molecule has 0 amide bonds. The Labute approximate surface area is 199 Å². The number of primary sulfonamides is 1. The summed E-state index contributed by atoms with van der Waals surface area (Å²) in [6.07, 6.45) is 1.28. The molecule has 0 bridgehead atoms. The number of carbonyl (C=O) groups excluding carboxylic acids is 1. The Kier molecular flexibility index (Phi) is 6.48. The van der Waals surface area contributed by atoms with Crippen molar-refractivity contribution in [3.63, 3.8) is 0 Å². The first-order chi connectivity index (χ1) is 16.0. The molecule has 176 valence electrons. The first kappa shape index (κ1) is 23.9. The average Bonchev–Trinajstić information content (AvgIpc) is 3.18. The van der Waals surface area contributed by atoms with Gasteiger partial charge in [0.15, 0.2) is 5.65 Å². The Morgan fingerprint density at radius 2 is 1.94 bits per heavy atom. The summed E-state index contributed by atoms with van der Waals surface area (Å²) in [6.45, 7) is 1.89. The number of aromatic nitrogens is 3. The summed E-state index contributed by atoms with van der Waals surface area (Å²) >= 11 is 6.04. The number of nitrogens with zero attached hydrogens (tertiary/aromatic N) is 2. The lowest BCUT2D eigenvalue weighted by Gasteiger charge is -2.09. The van der Waals surface area contributed by atoms with Crippen molar-refractivity contribution < 1.29 is 22.0 Å². The molecule has 0 spiro atoms. The number of benzene rings is 2. The van der Waals surface area contributed by atoms with E-state index in [-0.39, 0.29) is 35.3 Å². The minimum Gasteiger partial charge on any atom is -0.287 e. The Morgan fingerprint density at radius 3 is 2.65 bits per heavy atom. The molecule has 11 heteroatoms. The van der Waals surface area contributed by atoms with Gasteiger partial charge < -0.3 is 0 Å². The zero-order valence-electron chi connectivity index (χ0n) is 17.9. The molecule has 0 radical (unpaired) electrons. The smallest absolute Gasteiger partial charge is 0.214 e. The molecular weight excluding hydrogens is 486 g/mol. The van der Waals surface area contributed by atoms with Crippen molar-refractivity contribution in [3.05, 3.63) is 81.6 Å². The molecule has 0 unspecified atom stereocenters. The Bertz CT molecular complexity index is 1540. The molecule has 0 fully saturated rings. The second-order valence-corrected chi connectivity index (χ2v) is 10.0. The molecule has 0 aliphatic rings. The number of nitrogens with one attached hydrogen (secondary N) is 1. The fourth-order valence-electron chi connectivity index (χ4n) is 3.76. The molecular formula is C23H19ClF2N4O3S. The molecule has 0 atom stereocenters. The fraction of sp³-hybridized carbons (Fsp3) is 0.174. The molecule has 0 aliphatic heterocycles. The van der Waals surface area contributed by atoms with Crippen LogP contribution in [0.15, 0.2) is 42.6 Å². The van der Waals surface area contributed by atoms with Gasteiger partial charge in [-0.15, -0.1) is 0 Å². The van der Waals surface area contributed by atoms with Gasteiger partial charge in [0.05, 0.1) is 16.7 Å². The number of aryl methyl sites for hydroxylation is 1. The topological polar surface area (TPSA) is 119 Å². The molecule has 2 heterocycles. The first-order valence-corrected chi connectivity index (χ1v) is 12.3. The maximum Gasteiger partial charge on any atom is 0.214 e. The number of ketones is 1. The number of rotatable bonds is 7. The van der Waals surface area contributed by atoms with Gasteiger partial charge in [0, 0.05) is 22.3 Å². The van der Waals surface area contributed by atoms with Gasteiger partial charge >= 0.3 is 0 Å². The van der Waals surface area contributed by atoms with E-state index in [1.165, 1.54) is 0 Å². The second-order valence-electron chi connectivity index (χ2n) is 7.84. The Morgan fingerprint density at radius 1 is 1.18 bits per heavy atom. The number of H-pyrrole nitrogens is 1. The number of pyridine rings is 1. The monoisotopic (exact) mass is 504 g/mol. The third-order valence-electron chi connectivity index (χ3n) is 5.42. The largest absolute Gasteiger partial charge is 0.287 e. The van der Waals surface area contributed by atoms with Gasteiger partial charge in [0.25, 0.3) is 0 Å². The highest BCUT2D eigenvalue weighted by atomic mass is 35.5. The molecule has 2 aromatic carbocycles. The van der Waals surface area contributed by atoms with Crippen LogP contribution >= 0.6 is 11.6 Å². The van der Waals surface area contributed by atoms with Crippen LogP contribution in [-0.2, 0) is 16.4 Å². The SMILES string of the molecule is Cc1cc(Cl)ccc1-c1cnc2n[nH]c(C(=O)c3ccc(F)c(CCCS(N)(=O)=O)c3F)c2c1. The van der Waals surface area contributed by atoms with E-state index in [4.69, 9.17) is 16.7 Å². The van der Waals surface area contributed by atoms with Crippen LogP contribution in [0.4, 0.5) is 8.78 Å². The number of halogens is 3. The number of carbonyl (C=O) groups is 1. The van der Waals surface area contributed by atoms with Crippen molar-refractivity contribution in [1.82, 2.24) is 15.2 Å². The summed E-state index contributed by atoms with van der Waals surface area (Å²) in [5, 5.41) is 12.5. The summed E-state index contributed by atoms with van der Waals surface area (Å²) in [5.74, 6) is -3.10. The molecule has 2 aromatic heterocycles. The minimum absolute atomic E-state index is 0.00281. The predicted octanol–water partition coefficient (Wildman–Crippen LogP) is 4.32. The molecule has 0 saturated heterocycles. The number of hydrogen-bond donors (Lipinski definition) is 2. The quantitative estimate of drug-likeness (QED) is 0.363. The van der Waals surface area contributed by atoms with E-state index in [1.807, 2.05) is 13.0 Å². The van der Waals surface area contributed by atoms with E-state index in [0.29, 0.717) is 16.0 Å². The van der Waals surface area contributed by atoms with Crippen LogP contribution in [0.5, 0.6) is 0 Å². The lowest BCUT2D eigenvalue weighted by atomic mass is 9.98. The first-order valence-electron chi connectivity index (χ1n) is 10.2. The van der Waals surface area contributed by atoms with Crippen molar-refractivity contribution >= 4 is 38.4 Å². The van der Waals surface area contributed by atoms with Crippen LogP contribution in [0.3, 0.4) is 0 Å². The highest BCUT2D eigenvalue weighted by Gasteiger charge is 2.23. The van der Waals surface area contributed by atoms with Crippen LogP contribution in [0.25, 0.3) is 22.2 Å². The lowest BCUT2D eigenvalue weighted by Crippen LogP contribution is -2.17. The van der Waals surface area contributed by atoms with Gasteiger partial charge in [0.1, 0.15) is 17.3 Å². The maximum atomic E-state index is 15.1. The van der Waals surface area contributed by atoms with Crippen molar-refractivity contribution in [3.8, 4) is 11.1 Å². The number of fused-ring (bicyclic) bond motifs is 1. The summed E-state index contributed by atoms with van der Waals surface area (Å²) in [4.78, 5) is 17.5. The third kappa shape index (κ3) is 4.84. The summed E-state index contributed by atoms with van der Waals surface area (Å²) < 4.78 is 51.6. The van der Waals surface area contributed by atoms with Gasteiger partial charge in [0.2, 0.25) is 15.8 Å². The number of aromatic amines is 1. The Hall–Kier alpha value is -3.21. The zero-order chi connectivity index (χ0) is 24.6. The molecule has 34 heavy (non-hydrogen) atoms. The molecule has 4 rings (SSSR count). The normalized spacial score (nSPS) is 11.8. The van der Waals surface area contributed by atoms with E-state index < -0.39 is 33.2 Å². The van der Waals surface area contributed by atoms with Crippen molar-refractivity contribution in [2.24, 2.45) is 5.14 Å². The highest BCUT2D eigenvalue weighted by molar-refractivity contribution is 7.89.